The third-order valence-electron chi connectivity index (χ3n) is 5.22. The molecule has 0 saturated carbocycles. The number of fused-ring (bicyclic) bond motifs is 1. The Morgan fingerprint density at radius 2 is 2.04 bits per heavy atom. The second kappa shape index (κ2) is 7.95. The lowest BCUT2D eigenvalue weighted by molar-refractivity contribution is -0.130. The van der Waals surface area contributed by atoms with E-state index in [-0.39, 0.29) is 5.91 Å². The molecule has 6 heteroatoms. The number of pyridine rings is 1. The molecule has 0 spiro atoms. The molecule has 2 aromatic heterocycles. The van der Waals surface area contributed by atoms with Crippen molar-refractivity contribution in [3.63, 3.8) is 0 Å². The number of imidazole rings is 1. The summed E-state index contributed by atoms with van der Waals surface area (Å²) in [4.78, 5) is 27.4. The van der Waals surface area contributed by atoms with Crippen LogP contribution in [-0.4, -0.2) is 44.6 Å². The van der Waals surface area contributed by atoms with E-state index in [9.17, 15) is 4.79 Å². The second-order valence-corrected chi connectivity index (χ2v) is 8.96. The van der Waals surface area contributed by atoms with Crippen molar-refractivity contribution in [1.29, 1.82) is 0 Å². The van der Waals surface area contributed by atoms with Gasteiger partial charge in [0.05, 0.1) is 16.8 Å². The molecule has 0 radical (unpaired) electrons. The molecule has 1 aliphatic heterocycles. The molecule has 0 bridgehead atoms. The number of benzene rings is 1. The zero-order chi connectivity index (χ0) is 19.7. The monoisotopic (exact) mass is 394 g/mol. The summed E-state index contributed by atoms with van der Waals surface area (Å²) in [6, 6.07) is 10.1. The SMILES string of the molecule is Cc1ccc2nc(-c3cccnc3SCC(=O)N3C[C@H](C)C[C@H](C)C3)[nH]c2c1. The van der Waals surface area contributed by atoms with Gasteiger partial charge in [-0.05, 0) is 55.0 Å². The van der Waals surface area contributed by atoms with Crippen molar-refractivity contribution in [3.05, 3.63) is 42.1 Å². The number of carbonyl (C=O) groups is 1. The van der Waals surface area contributed by atoms with Gasteiger partial charge in [0.25, 0.3) is 0 Å². The summed E-state index contributed by atoms with van der Waals surface area (Å²) in [5.74, 6) is 2.54. The predicted molar refractivity (Wildman–Crippen MR) is 114 cm³/mol. The Hall–Kier alpha value is -2.34. The summed E-state index contributed by atoms with van der Waals surface area (Å²) in [5, 5.41) is 0.838. The van der Waals surface area contributed by atoms with Crippen LogP contribution < -0.4 is 0 Å². The number of nitrogens with one attached hydrogen (secondary N) is 1. The normalized spacial score (nSPS) is 19.9. The van der Waals surface area contributed by atoms with E-state index in [4.69, 9.17) is 4.98 Å². The highest BCUT2D eigenvalue weighted by atomic mass is 32.2. The Morgan fingerprint density at radius 3 is 2.82 bits per heavy atom. The standard InChI is InChI=1S/C22H26N4OS/c1-14-6-7-18-19(10-14)25-21(24-18)17-5-4-8-23-22(17)28-13-20(27)26-11-15(2)9-16(3)12-26/h4-8,10,15-16H,9,11-13H2,1-3H3,(H,24,25)/t15-,16+. The minimum Gasteiger partial charge on any atom is -0.341 e. The topological polar surface area (TPSA) is 61.9 Å². The molecule has 1 aliphatic rings. The molecular formula is C22H26N4OS. The summed E-state index contributed by atoms with van der Waals surface area (Å²) in [5.41, 5.74) is 4.09. The van der Waals surface area contributed by atoms with Gasteiger partial charge in [-0.25, -0.2) is 9.97 Å². The van der Waals surface area contributed by atoms with Gasteiger partial charge >= 0.3 is 0 Å². The van der Waals surface area contributed by atoms with Crippen LogP contribution >= 0.6 is 11.8 Å². The highest BCUT2D eigenvalue weighted by molar-refractivity contribution is 8.00. The number of aromatic amines is 1. The highest BCUT2D eigenvalue weighted by Crippen LogP contribution is 2.30. The van der Waals surface area contributed by atoms with Gasteiger partial charge in [0.2, 0.25) is 5.91 Å². The molecule has 3 aromatic rings. The second-order valence-electron chi connectivity index (χ2n) is 8.00. The van der Waals surface area contributed by atoms with Gasteiger partial charge in [-0.15, -0.1) is 0 Å². The number of hydrogen-bond acceptors (Lipinski definition) is 4. The molecule has 1 amide bonds. The quantitative estimate of drug-likeness (QED) is 0.661. The number of H-pyrrole nitrogens is 1. The molecule has 1 N–H and O–H groups in total. The van der Waals surface area contributed by atoms with Crippen molar-refractivity contribution in [1.82, 2.24) is 19.9 Å². The first-order valence-electron chi connectivity index (χ1n) is 9.82. The number of amides is 1. The number of aromatic nitrogens is 3. The largest absolute Gasteiger partial charge is 0.341 e. The van der Waals surface area contributed by atoms with Crippen molar-refractivity contribution >= 4 is 28.7 Å². The molecule has 0 unspecified atom stereocenters. The van der Waals surface area contributed by atoms with Gasteiger partial charge in [0.1, 0.15) is 10.9 Å². The number of aryl methyl sites for hydroxylation is 1. The molecule has 4 rings (SSSR count). The fourth-order valence-corrected chi connectivity index (χ4v) is 4.92. The van der Waals surface area contributed by atoms with Crippen LogP contribution in [0.5, 0.6) is 0 Å². The first-order valence-corrected chi connectivity index (χ1v) is 10.8. The Kier molecular flexibility index (Phi) is 5.40. The molecule has 1 saturated heterocycles. The zero-order valence-electron chi connectivity index (χ0n) is 16.6. The van der Waals surface area contributed by atoms with Crippen molar-refractivity contribution in [3.8, 4) is 11.4 Å². The van der Waals surface area contributed by atoms with Crippen molar-refractivity contribution in [2.24, 2.45) is 11.8 Å². The third kappa shape index (κ3) is 4.07. The molecule has 146 valence electrons. The summed E-state index contributed by atoms with van der Waals surface area (Å²) in [6.45, 7) is 8.25. The minimum atomic E-state index is 0.195. The van der Waals surface area contributed by atoms with Crippen molar-refractivity contribution in [2.45, 2.75) is 32.2 Å². The van der Waals surface area contributed by atoms with Crippen LogP contribution in [0.15, 0.2) is 41.6 Å². The van der Waals surface area contributed by atoms with Crippen molar-refractivity contribution < 1.29 is 4.79 Å². The van der Waals surface area contributed by atoms with Crippen LogP contribution in [0, 0.1) is 18.8 Å². The molecule has 5 nitrogen and oxygen atoms in total. The maximum absolute atomic E-state index is 12.7. The smallest absolute Gasteiger partial charge is 0.233 e. The minimum absolute atomic E-state index is 0.195. The maximum Gasteiger partial charge on any atom is 0.233 e. The number of hydrogen-bond donors (Lipinski definition) is 1. The summed E-state index contributed by atoms with van der Waals surface area (Å²) in [7, 11) is 0. The van der Waals surface area contributed by atoms with Crippen LogP contribution in [0.4, 0.5) is 0 Å². The van der Waals surface area contributed by atoms with Crippen LogP contribution in [0.1, 0.15) is 25.8 Å². The fourth-order valence-electron chi connectivity index (χ4n) is 4.03. The summed E-state index contributed by atoms with van der Waals surface area (Å²) in [6.07, 6.45) is 2.97. The number of piperidine rings is 1. The Labute approximate surface area is 170 Å². The summed E-state index contributed by atoms with van der Waals surface area (Å²) < 4.78 is 0. The molecule has 2 atom stereocenters. The van der Waals surface area contributed by atoms with E-state index < -0.39 is 0 Å². The van der Waals surface area contributed by atoms with Gasteiger partial charge in [-0.1, -0.05) is 31.7 Å². The van der Waals surface area contributed by atoms with E-state index >= 15 is 0 Å². The number of likely N-dealkylation sites (tertiary alicyclic amines) is 1. The van der Waals surface area contributed by atoms with Crippen molar-refractivity contribution in [2.75, 3.05) is 18.8 Å². The number of rotatable bonds is 4. The van der Waals surface area contributed by atoms with Gasteiger partial charge in [-0.2, -0.15) is 0 Å². The Bertz CT molecular complexity index is 989. The van der Waals surface area contributed by atoms with E-state index in [1.54, 1.807) is 6.20 Å². The first-order chi connectivity index (χ1) is 13.5. The lowest BCUT2D eigenvalue weighted by Gasteiger charge is -2.35. The van der Waals surface area contributed by atoms with E-state index in [0.717, 1.165) is 40.5 Å². The molecule has 1 fully saturated rings. The molecule has 0 aliphatic carbocycles. The van der Waals surface area contributed by atoms with Crippen LogP contribution in [0.2, 0.25) is 0 Å². The van der Waals surface area contributed by atoms with Crippen LogP contribution in [0.25, 0.3) is 22.4 Å². The molecular weight excluding hydrogens is 368 g/mol. The van der Waals surface area contributed by atoms with Gasteiger partial charge in [-0.3, -0.25) is 4.79 Å². The molecule has 28 heavy (non-hydrogen) atoms. The van der Waals surface area contributed by atoms with Crippen LogP contribution in [0.3, 0.4) is 0 Å². The number of nitrogens with zero attached hydrogens (tertiary/aromatic N) is 3. The first kappa shape index (κ1) is 19.0. The van der Waals surface area contributed by atoms with Gasteiger partial charge in [0.15, 0.2) is 0 Å². The van der Waals surface area contributed by atoms with Gasteiger partial charge < -0.3 is 9.88 Å². The number of thioether (sulfide) groups is 1. The Balaban J connectivity index is 1.52. The van der Waals surface area contributed by atoms with E-state index in [1.165, 1.54) is 23.7 Å². The van der Waals surface area contributed by atoms with E-state index in [2.05, 4.69) is 42.9 Å². The zero-order valence-corrected chi connectivity index (χ0v) is 17.4. The van der Waals surface area contributed by atoms with E-state index in [1.807, 2.05) is 23.1 Å². The molecule has 3 heterocycles. The lowest BCUT2D eigenvalue weighted by Crippen LogP contribution is -2.43. The average molecular weight is 395 g/mol. The summed E-state index contributed by atoms with van der Waals surface area (Å²) >= 11 is 1.50. The van der Waals surface area contributed by atoms with Crippen LogP contribution in [-0.2, 0) is 4.79 Å². The predicted octanol–water partition coefficient (Wildman–Crippen LogP) is 4.53. The Morgan fingerprint density at radius 1 is 1.25 bits per heavy atom. The highest BCUT2D eigenvalue weighted by Gasteiger charge is 2.25. The molecule has 1 aromatic carbocycles. The maximum atomic E-state index is 12.7. The van der Waals surface area contributed by atoms with Gasteiger partial charge in [0, 0.05) is 24.8 Å². The number of carbonyl (C=O) groups excluding carboxylic acids is 1. The average Bonchev–Trinajstić information content (AvgIpc) is 3.08. The third-order valence-corrected chi connectivity index (χ3v) is 6.21. The fraction of sp³-hybridized carbons (Fsp3) is 0.409. The lowest BCUT2D eigenvalue weighted by atomic mass is 9.92. The van der Waals surface area contributed by atoms with E-state index in [0.29, 0.717) is 17.6 Å².